The Bertz CT molecular complexity index is 470. The molecule has 1 unspecified atom stereocenters. The average molecular weight is 256 g/mol. The van der Waals surface area contributed by atoms with Crippen molar-refractivity contribution in [2.45, 2.75) is 25.7 Å². The number of carbonyl (C=O) groups is 1. The Morgan fingerprint density at radius 1 is 1.53 bits per heavy atom. The molecule has 19 heavy (non-hydrogen) atoms. The van der Waals surface area contributed by atoms with E-state index >= 15 is 0 Å². The third-order valence-electron chi connectivity index (χ3n) is 3.49. The quantitative estimate of drug-likeness (QED) is 0.812. The van der Waals surface area contributed by atoms with Gasteiger partial charge in [0.25, 0.3) is 0 Å². The number of hydrogen-bond acceptors (Lipinski definition) is 2. The molecule has 0 aromatic heterocycles. The molecular weight excluding hydrogens is 236 g/mol. The molecule has 0 spiro atoms. The molecule has 3 nitrogen and oxygen atoms in total. The van der Waals surface area contributed by atoms with Crippen LogP contribution < -0.4 is 10.6 Å². The molecule has 1 aliphatic rings. The van der Waals surface area contributed by atoms with Crippen LogP contribution in [0.3, 0.4) is 0 Å². The summed E-state index contributed by atoms with van der Waals surface area (Å²) in [6, 6.07) is 7.39. The second kappa shape index (κ2) is 6.96. The Hall–Kier alpha value is -1.79. The maximum Gasteiger partial charge on any atom is 0.224 e. The lowest BCUT2D eigenvalue weighted by molar-refractivity contribution is -0.116. The van der Waals surface area contributed by atoms with E-state index in [9.17, 15) is 4.79 Å². The molecule has 1 heterocycles. The normalized spacial score (nSPS) is 18.6. The molecule has 0 bridgehead atoms. The SMILES string of the molecule is C#Cc1cccc(NC(=O)CCC2CCCNC2)c1. The molecule has 1 aliphatic heterocycles. The Morgan fingerprint density at radius 2 is 2.42 bits per heavy atom. The van der Waals surface area contributed by atoms with Crippen LogP contribution in [-0.4, -0.2) is 19.0 Å². The molecule has 100 valence electrons. The molecule has 1 aromatic rings. The minimum atomic E-state index is 0.0692. The third-order valence-corrected chi connectivity index (χ3v) is 3.49. The highest BCUT2D eigenvalue weighted by atomic mass is 16.1. The number of terminal acetylenes is 1. The van der Waals surface area contributed by atoms with Gasteiger partial charge in [-0.2, -0.15) is 0 Å². The predicted octanol–water partition coefficient (Wildman–Crippen LogP) is 2.39. The molecule has 2 rings (SSSR count). The minimum Gasteiger partial charge on any atom is -0.326 e. The first-order valence-electron chi connectivity index (χ1n) is 6.85. The van der Waals surface area contributed by atoms with Gasteiger partial charge in [0.1, 0.15) is 0 Å². The smallest absolute Gasteiger partial charge is 0.224 e. The lowest BCUT2D eigenvalue weighted by Gasteiger charge is -2.22. The fourth-order valence-electron chi connectivity index (χ4n) is 2.42. The molecule has 3 heteroatoms. The number of piperidine rings is 1. The van der Waals surface area contributed by atoms with Gasteiger partial charge in [0, 0.05) is 17.7 Å². The summed E-state index contributed by atoms with van der Waals surface area (Å²) in [6.45, 7) is 2.15. The number of carbonyl (C=O) groups excluding carboxylic acids is 1. The standard InChI is InChI=1S/C16H20N2O/c1-2-13-5-3-7-15(11-13)18-16(19)9-8-14-6-4-10-17-12-14/h1,3,5,7,11,14,17H,4,6,8-10,12H2,(H,18,19). The number of benzene rings is 1. The molecule has 0 radical (unpaired) electrons. The van der Waals surface area contributed by atoms with Gasteiger partial charge in [0.15, 0.2) is 0 Å². The molecule has 2 N–H and O–H groups in total. The number of nitrogens with one attached hydrogen (secondary N) is 2. The molecule has 0 saturated carbocycles. The minimum absolute atomic E-state index is 0.0692. The van der Waals surface area contributed by atoms with E-state index in [1.54, 1.807) is 0 Å². The fraction of sp³-hybridized carbons (Fsp3) is 0.438. The molecule has 0 aliphatic carbocycles. The van der Waals surface area contributed by atoms with Crippen molar-refractivity contribution < 1.29 is 4.79 Å². The monoisotopic (exact) mass is 256 g/mol. The third kappa shape index (κ3) is 4.42. The van der Waals surface area contributed by atoms with Crippen LogP contribution in [0.2, 0.25) is 0 Å². The summed E-state index contributed by atoms with van der Waals surface area (Å²) >= 11 is 0. The van der Waals surface area contributed by atoms with Gasteiger partial charge in [-0.15, -0.1) is 6.42 Å². The number of rotatable bonds is 4. The van der Waals surface area contributed by atoms with Crippen LogP contribution in [0.1, 0.15) is 31.2 Å². The highest BCUT2D eigenvalue weighted by Crippen LogP contribution is 2.17. The zero-order valence-electron chi connectivity index (χ0n) is 11.1. The van der Waals surface area contributed by atoms with Crippen LogP contribution in [-0.2, 0) is 4.79 Å². The highest BCUT2D eigenvalue weighted by molar-refractivity contribution is 5.90. The van der Waals surface area contributed by atoms with Gasteiger partial charge in [-0.25, -0.2) is 0 Å². The predicted molar refractivity (Wildman–Crippen MR) is 77.8 cm³/mol. The largest absolute Gasteiger partial charge is 0.326 e. The summed E-state index contributed by atoms with van der Waals surface area (Å²) in [5, 5.41) is 6.27. The summed E-state index contributed by atoms with van der Waals surface area (Å²) in [6.07, 6.45) is 9.31. The van der Waals surface area contributed by atoms with Crippen LogP contribution >= 0.6 is 0 Å². The fourth-order valence-corrected chi connectivity index (χ4v) is 2.42. The van der Waals surface area contributed by atoms with Crippen molar-refractivity contribution in [2.24, 2.45) is 5.92 Å². The van der Waals surface area contributed by atoms with E-state index in [2.05, 4.69) is 16.6 Å². The first-order chi connectivity index (χ1) is 9.28. The summed E-state index contributed by atoms with van der Waals surface area (Å²) < 4.78 is 0. The van der Waals surface area contributed by atoms with E-state index in [0.29, 0.717) is 12.3 Å². The van der Waals surface area contributed by atoms with E-state index in [4.69, 9.17) is 6.42 Å². The van der Waals surface area contributed by atoms with Crippen molar-refractivity contribution in [1.82, 2.24) is 5.32 Å². The topological polar surface area (TPSA) is 41.1 Å². The van der Waals surface area contributed by atoms with Crippen LogP contribution in [0.5, 0.6) is 0 Å². The lowest BCUT2D eigenvalue weighted by atomic mass is 9.94. The van der Waals surface area contributed by atoms with Crippen molar-refractivity contribution in [3.05, 3.63) is 29.8 Å². The van der Waals surface area contributed by atoms with Crippen molar-refractivity contribution >= 4 is 11.6 Å². The molecule has 1 amide bonds. The summed E-state index contributed by atoms with van der Waals surface area (Å²) in [7, 11) is 0. The van der Waals surface area contributed by atoms with Gasteiger partial charge < -0.3 is 10.6 Å². The van der Waals surface area contributed by atoms with Crippen molar-refractivity contribution in [3.63, 3.8) is 0 Å². The van der Waals surface area contributed by atoms with Gasteiger partial charge in [0.2, 0.25) is 5.91 Å². The van der Waals surface area contributed by atoms with Crippen molar-refractivity contribution in [3.8, 4) is 12.3 Å². The van der Waals surface area contributed by atoms with E-state index in [-0.39, 0.29) is 5.91 Å². The van der Waals surface area contributed by atoms with Gasteiger partial charge >= 0.3 is 0 Å². The van der Waals surface area contributed by atoms with Crippen molar-refractivity contribution in [1.29, 1.82) is 0 Å². The number of anilines is 1. The Morgan fingerprint density at radius 3 is 3.16 bits per heavy atom. The lowest BCUT2D eigenvalue weighted by Crippen LogP contribution is -2.30. The molecule has 1 fully saturated rings. The van der Waals surface area contributed by atoms with E-state index in [1.165, 1.54) is 12.8 Å². The summed E-state index contributed by atoms with van der Waals surface area (Å²) in [4.78, 5) is 11.9. The Kier molecular flexibility index (Phi) is 5.00. The maximum atomic E-state index is 11.9. The maximum absolute atomic E-state index is 11.9. The van der Waals surface area contributed by atoms with E-state index < -0.39 is 0 Å². The molecule has 1 saturated heterocycles. The zero-order chi connectivity index (χ0) is 13.5. The number of hydrogen-bond donors (Lipinski definition) is 2. The number of amides is 1. The zero-order valence-corrected chi connectivity index (χ0v) is 11.1. The van der Waals surface area contributed by atoms with Crippen LogP contribution in [0, 0.1) is 18.3 Å². The van der Waals surface area contributed by atoms with Crippen molar-refractivity contribution in [2.75, 3.05) is 18.4 Å². The van der Waals surface area contributed by atoms with Crippen LogP contribution in [0.25, 0.3) is 0 Å². The summed E-state index contributed by atoms with van der Waals surface area (Å²) in [5.41, 5.74) is 1.57. The summed E-state index contributed by atoms with van der Waals surface area (Å²) in [5.74, 6) is 3.27. The molecular formula is C16H20N2O. The first kappa shape index (κ1) is 13.6. The van der Waals surface area contributed by atoms with E-state index in [0.717, 1.165) is 30.8 Å². The van der Waals surface area contributed by atoms with Crippen LogP contribution in [0.15, 0.2) is 24.3 Å². The molecule has 1 aromatic carbocycles. The second-order valence-corrected chi connectivity index (χ2v) is 5.02. The highest BCUT2D eigenvalue weighted by Gasteiger charge is 2.14. The van der Waals surface area contributed by atoms with Crippen LogP contribution in [0.4, 0.5) is 5.69 Å². The average Bonchev–Trinajstić information content (AvgIpc) is 2.46. The Labute approximate surface area is 114 Å². The van der Waals surface area contributed by atoms with Gasteiger partial charge in [-0.1, -0.05) is 12.0 Å². The van der Waals surface area contributed by atoms with Gasteiger partial charge in [-0.05, 0) is 56.5 Å². The van der Waals surface area contributed by atoms with Gasteiger partial charge in [0.05, 0.1) is 0 Å². The van der Waals surface area contributed by atoms with Gasteiger partial charge in [-0.3, -0.25) is 4.79 Å². The first-order valence-corrected chi connectivity index (χ1v) is 6.85. The second-order valence-electron chi connectivity index (χ2n) is 5.02. The Balaban J connectivity index is 1.78. The molecule has 1 atom stereocenters. The van der Waals surface area contributed by atoms with E-state index in [1.807, 2.05) is 24.3 Å².